The molecule has 2 aliphatic rings. The Morgan fingerprint density at radius 1 is 1.21 bits per heavy atom. The van der Waals surface area contributed by atoms with E-state index >= 15 is 0 Å². The van der Waals surface area contributed by atoms with Crippen LogP contribution in [-0.4, -0.2) is 62.1 Å². The lowest BCUT2D eigenvalue weighted by atomic mass is 9.98. The molecule has 2 aliphatic heterocycles. The first-order valence-corrected chi connectivity index (χ1v) is 10.3. The number of benzene rings is 1. The van der Waals surface area contributed by atoms with Crippen molar-refractivity contribution in [2.24, 2.45) is 10.9 Å². The molecule has 0 saturated carbocycles. The van der Waals surface area contributed by atoms with Crippen LogP contribution in [0.15, 0.2) is 35.3 Å². The van der Waals surface area contributed by atoms with Gasteiger partial charge < -0.3 is 20.4 Å². The SMILES string of the molecule is CCNC(=NCC1CCCN(CC)C1)NC1CC(=O)N(c2ccccc2)C1.I. The van der Waals surface area contributed by atoms with Crippen molar-refractivity contribution in [3.05, 3.63) is 30.3 Å². The predicted molar refractivity (Wildman–Crippen MR) is 127 cm³/mol. The number of carbonyl (C=O) groups is 1. The van der Waals surface area contributed by atoms with Crippen molar-refractivity contribution in [2.75, 3.05) is 44.2 Å². The summed E-state index contributed by atoms with van der Waals surface area (Å²) in [7, 11) is 0. The predicted octanol–water partition coefficient (Wildman–Crippen LogP) is 2.70. The van der Waals surface area contributed by atoms with E-state index in [1.54, 1.807) is 0 Å². The zero-order chi connectivity index (χ0) is 19.1. The molecule has 1 aromatic rings. The maximum Gasteiger partial charge on any atom is 0.229 e. The smallest absolute Gasteiger partial charge is 0.229 e. The number of amides is 1. The van der Waals surface area contributed by atoms with E-state index in [0.717, 1.165) is 37.8 Å². The van der Waals surface area contributed by atoms with Crippen molar-refractivity contribution < 1.29 is 4.79 Å². The lowest BCUT2D eigenvalue weighted by molar-refractivity contribution is -0.117. The molecule has 2 saturated heterocycles. The molecule has 7 heteroatoms. The maximum absolute atomic E-state index is 12.4. The van der Waals surface area contributed by atoms with Gasteiger partial charge in [0.2, 0.25) is 5.91 Å². The summed E-state index contributed by atoms with van der Waals surface area (Å²) >= 11 is 0. The van der Waals surface area contributed by atoms with Gasteiger partial charge in [0, 0.05) is 38.3 Å². The Labute approximate surface area is 186 Å². The molecule has 0 bridgehead atoms. The average Bonchev–Trinajstić information content (AvgIpc) is 3.07. The summed E-state index contributed by atoms with van der Waals surface area (Å²) in [5.74, 6) is 1.62. The van der Waals surface area contributed by atoms with Crippen LogP contribution in [0.4, 0.5) is 5.69 Å². The van der Waals surface area contributed by atoms with E-state index in [1.165, 1.54) is 19.4 Å². The van der Waals surface area contributed by atoms with Gasteiger partial charge in [0.05, 0.1) is 6.04 Å². The van der Waals surface area contributed by atoms with Crippen LogP contribution in [0.25, 0.3) is 0 Å². The first-order chi connectivity index (χ1) is 13.2. The standard InChI is InChI=1S/C21H33N5O.HI/c1-3-22-21(23-14-17-9-8-12-25(4-2)15-17)24-18-13-20(27)26(16-18)19-10-6-5-7-11-19;/h5-7,10-11,17-18H,3-4,8-9,12-16H2,1-2H3,(H2,22,23,24);1H. The molecule has 0 spiro atoms. The lowest BCUT2D eigenvalue weighted by Crippen LogP contribution is -2.45. The molecule has 2 unspecified atom stereocenters. The summed E-state index contributed by atoms with van der Waals surface area (Å²) in [5.41, 5.74) is 0.968. The highest BCUT2D eigenvalue weighted by molar-refractivity contribution is 14.0. The number of carbonyl (C=O) groups excluding carboxylic acids is 1. The number of hydrogen-bond acceptors (Lipinski definition) is 3. The van der Waals surface area contributed by atoms with Crippen LogP contribution < -0.4 is 15.5 Å². The Morgan fingerprint density at radius 3 is 2.71 bits per heavy atom. The first kappa shape index (κ1) is 22.9. The fourth-order valence-electron chi connectivity index (χ4n) is 3.98. The normalized spacial score (nSPS) is 23.4. The van der Waals surface area contributed by atoms with Crippen molar-refractivity contribution in [1.29, 1.82) is 0 Å². The second kappa shape index (κ2) is 11.6. The Morgan fingerprint density at radius 2 is 2.00 bits per heavy atom. The summed E-state index contributed by atoms with van der Waals surface area (Å²) in [4.78, 5) is 21.6. The van der Waals surface area contributed by atoms with Gasteiger partial charge in [-0.3, -0.25) is 9.79 Å². The van der Waals surface area contributed by atoms with Gasteiger partial charge in [-0.15, -0.1) is 24.0 Å². The minimum Gasteiger partial charge on any atom is -0.357 e. The largest absolute Gasteiger partial charge is 0.357 e. The fourth-order valence-corrected chi connectivity index (χ4v) is 3.98. The molecule has 156 valence electrons. The fraction of sp³-hybridized carbons (Fsp3) is 0.619. The van der Waals surface area contributed by atoms with Gasteiger partial charge in [-0.05, 0) is 50.9 Å². The summed E-state index contributed by atoms with van der Waals surface area (Å²) < 4.78 is 0. The monoisotopic (exact) mass is 499 g/mol. The van der Waals surface area contributed by atoms with Crippen LogP contribution in [0.2, 0.25) is 0 Å². The number of nitrogens with zero attached hydrogens (tertiary/aromatic N) is 3. The van der Waals surface area contributed by atoms with E-state index < -0.39 is 0 Å². The van der Waals surface area contributed by atoms with Crippen molar-refractivity contribution in [2.45, 2.75) is 39.2 Å². The first-order valence-electron chi connectivity index (χ1n) is 10.3. The van der Waals surface area contributed by atoms with Gasteiger partial charge in [-0.2, -0.15) is 0 Å². The van der Waals surface area contributed by atoms with Gasteiger partial charge >= 0.3 is 0 Å². The number of guanidine groups is 1. The Kier molecular flexibility index (Phi) is 9.50. The summed E-state index contributed by atoms with van der Waals surface area (Å²) in [5, 5.41) is 6.81. The van der Waals surface area contributed by atoms with E-state index in [9.17, 15) is 4.79 Å². The molecular formula is C21H34IN5O. The zero-order valence-corrected chi connectivity index (χ0v) is 19.4. The third-order valence-electron chi connectivity index (χ3n) is 5.44. The van der Waals surface area contributed by atoms with Crippen LogP contribution in [-0.2, 0) is 4.79 Å². The van der Waals surface area contributed by atoms with Crippen molar-refractivity contribution >= 4 is 41.5 Å². The van der Waals surface area contributed by atoms with Crippen molar-refractivity contribution in [3.63, 3.8) is 0 Å². The zero-order valence-electron chi connectivity index (χ0n) is 17.1. The molecule has 2 heterocycles. The lowest BCUT2D eigenvalue weighted by Gasteiger charge is -2.31. The molecule has 0 aliphatic carbocycles. The minimum absolute atomic E-state index is 0. The van der Waals surface area contributed by atoms with E-state index in [1.807, 2.05) is 35.2 Å². The molecule has 2 N–H and O–H groups in total. The Bertz CT molecular complexity index is 639. The molecular weight excluding hydrogens is 465 g/mol. The summed E-state index contributed by atoms with van der Waals surface area (Å²) in [6.45, 7) is 10.1. The minimum atomic E-state index is 0. The van der Waals surface area contributed by atoms with Gasteiger partial charge in [0.1, 0.15) is 0 Å². The van der Waals surface area contributed by atoms with E-state index in [0.29, 0.717) is 18.9 Å². The topological polar surface area (TPSA) is 60.0 Å². The summed E-state index contributed by atoms with van der Waals surface area (Å²) in [6.07, 6.45) is 3.02. The molecule has 6 nitrogen and oxygen atoms in total. The van der Waals surface area contributed by atoms with E-state index in [-0.39, 0.29) is 35.9 Å². The number of rotatable bonds is 6. The molecule has 2 atom stereocenters. The highest BCUT2D eigenvalue weighted by Gasteiger charge is 2.31. The van der Waals surface area contributed by atoms with Crippen LogP contribution in [0.1, 0.15) is 33.1 Å². The number of likely N-dealkylation sites (tertiary alicyclic amines) is 1. The Hall–Kier alpha value is -1.35. The molecule has 1 aromatic carbocycles. The molecule has 2 fully saturated rings. The molecule has 0 aromatic heterocycles. The molecule has 3 rings (SSSR count). The number of hydrogen-bond donors (Lipinski definition) is 2. The van der Waals surface area contributed by atoms with Gasteiger partial charge in [0.25, 0.3) is 0 Å². The number of anilines is 1. The number of nitrogens with one attached hydrogen (secondary N) is 2. The number of piperidine rings is 1. The third kappa shape index (κ3) is 6.34. The number of aliphatic imine (C=N–C) groups is 1. The van der Waals surface area contributed by atoms with Gasteiger partial charge in [0.15, 0.2) is 5.96 Å². The third-order valence-corrected chi connectivity index (χ3v) is 5.44. The van der Waals surface area contributed by atoms with E-state index in [4.69, 9.17) is 4.99 Å². The van der Waals surface area contributed by atoms with Crippen LogP contribution in [0.5, 0.6) is 0 Å². The maximum atomic E-state index is 12.4. The number of halogens is 1. The van der Waals surface area contributed by atoms with Gasteiger partial charge in [-0.25, -0.2) is 0 Å². The average molecular weight is 499 g/mol. The highest BCUT2D eigenvalue weighted by Crippen LogP contribution is 2.21. The summed E-state index contributed by atoms with van der Waals surface area (Å²) in [6, 6.07) is 9.98. The molecule has 1 amide bonds. The quantitative estimate of drug-likeness (QED) is 0.359. The van der Waals surface area contributed by atoms with Crippen LogP contribution >= 0.6 is 24.0 Å². The Balaban J connectivity index is 0.00000280. The highest BCUT2D eigenvalue weighted by atomic mass is 127. The molecule has 0 radical (unpaired) electrons. The van der Waals surface area contributed by atoms with Crippen molar-refractivity contribution in [1.82, 2.24) is 15.5 Å². The van der Waals surface area contributed by atoms with E-state index in [2.05, 4.69) is 29.4 Å². The van der Waals surface area contributed by atoms with Crippen LogP contribution in [0, 0.1) is 5.92 Å². The van der Waals surface area contributed by atoms with Gasteiger partial charge in [-0.1, -0.05) is 25.1 Å². The van der Waals surface area contributed by atoms with Crippen molar-refractivity contribution in [3.8, 4) is 0 Å². The second-order valence-corrected chi connectivity index (χ2v) is 7.51. The molecule has 28 heavy (non-hydrogen) atoms. The second-order valence-electron chi connectivity index (χ2n) is 7.51. The van der Waals surface area contributed by atoms with Crippen LogP contribution in [0.3, 0.4) is 0 Å². The number of para-hydroxylation sites is 1.